The molecular weight excluding hydrogens is 306 g/mol. The molecule has 0 aliphatic rings. The third kappa shape index (κ3) is 4.32. The minimum absolute atomic E-state index is 0. The Morgan fingerprint density at radius 1 is 1.36 bits per heavy atom. The number of carbonyl (C=O) groups excluding carboxylic acids is 1. The average Bonchev–Trinajstić information content (AvgIpc) is 2.91. The van der Waals surface area contributed by atoms with Crippen LogP contribution in [0.5, 0.6) is 0 Å². The highest BCUT2D eigenvalue weighted by atomic mass is 35.5. The Kier molecular flexibility index (Phi) is 7.07. The number of hydrogen-bond donors (Lipinski definition) is 3. The Balaban J connectivity index is 0.00000242. The second kappa shape index (κ2) is 8.55. The number of halogens is 1. The Hall–Kier alpha value is -1.86. The molecule has 0 unspecified atom stereocenters. The van der Waals surface area contributed by atoms with Gasteiger partial charge in [-0.15, -0.1) is 12.4 Å². The largest absolute Gasteiger partial charge is 0.355 e. The van der Waals surface area contributed by atoms with E-state index in [9.17, 15) is 9.59 Å². The molecule has 0 bridgehead atoms. The Labute approximate surface area is 134 Å². The van der Waals surface area contributed by atoms with Gasteiger partial charge in [0.1, 0.15) is 0 Å². The van der Waals surface area contributed by atoms with Gasteiger partial charge in [-0.1, -0.05) is 6.92 Å². The van der Waals surface area contributed by atoms with Gasteiger partial charge in [0.25, 0.3) is 5.56 Å². The molecule has 7 nitrogen and oxygen atoms in total. The summed E-state index contributed by atoms with van der Waals surface area (Å²) in [6.07, 6.45) is 2.76. The maximum atomic E-state index is 12.3. The number of aromatic amines is 1. The van der Waals surface area contributed by atoms with Crippen molar-refractivity contribution in [2.24, 2.45) is 0 Å². The normalized spacial score (nSPS) is 10.5. The molecule has 0 aliphatic carbocycles. The zero-order valence-corrected chi connectivity index (χ0v) is 13.6. The lowest BCUT2D eigenvalue weighted by Gasteiger charge is -2.07. The fraction of sp³-hybridized carbons (Fsp3) is 0.500. The van der Waals surface area contributed by atoms with Crippen molar-refractivity contribution in [3.63, 3.8) is 0 Å². The molecule has 0 spiro atoms. The predicted octanol–water partition coefficient (Wildman–Crippen LogP) is 0.411. The van der Waals surface area contributed by atoms with E-state index in [1.165, 1.54) is 4.52 Å². The Morgan fingerprint density at radius 2 is 2.14 bits per heavy atom. The van der Waals surface area contributed by atoms with Crippen LogP contribution in [0.1, 0.15) is 24.6 Å². The number of hydrogen-bond acceptors (Lipinski definition) is 4. The van der Waals surface area contributed by atoms with Crippen molar-refractivity contribution < 1.29 is 4.79 Å². The van der Waals surface area contributed by atoms with Gasteiger partial charge < -0.3 is 10.6 Å². The highest BCUT2D eigenvalue weighted by Gasteiger charge is 2.13. The van der Waals surface area contributed by atoms with Crippen LogP contribution in [0.4, 0.5) is 0 Å². The molecule has 8 heteroatoms. The van der Waals surface area contributed by atoms with E-state index in [4.69, 9.17) is 0 Å². The van der Waals surface area contributed by atoms with Gasteiger partial charge in [0.2, 0.25) is 5.91 Å². The van der Waals surface area contributed by atoms with E-state index >= 15 is 0 Å². The first kappa shape index (κ1) is 18.2. The van der Waals surface area contributed by atoms with Crippen LogP contribution in [0.3, 0.4) is 0 Å². The second-order valence-corrected chi connectivity index (χ2v) is 4.91. The molecule has 0 aromatic carbocycles. The predicted molar refractivity (Wildman–Crippen MR) is 87.7 cm³/mol. The molecule has 0 fully saturated rings. The van der Waals surface area contributed by atoms with E-state index < -0.39 is 0 Å². The maximum absolute atomic E-state index is 12.3. The molecule has 0 atom stereocenters. The van der Waals surface area contributed by atoms with Crippen molar-refractivity contribution >= 4 is 24.0 Å². The molecule has 0 saturated heterocycles. The first-order valence-electron chi connectivity index (χ1n) is 7.16. The number of nitrogens with zero attached hydrogens (tertiary/aromatic N) is 2. The number of carbonyl (C=O) groups is 1. The van der Waals surface area contributed by atoms with Crippen LogP contribution in [-0.2, 0) is 11.2 Å². The monoisotopic (exact) mass is 327 g/mol. The number of H-pyrrole nitrogens is 1. The van der Waals surface area contributed by atoms with Crippen LogP contribution < -0.4 is 16.2 Å². The molecular formula is C14H22ClN5O2. The van der Waals surface area contributed by atoms with Crippen LogP contribution in [0.2, 0.25) is 0 Å². The third-order valence-corrected chi connectivity index (χ3v) is 3.23. The number of amides is 1. The fourth-order valence-corrected chi connectivity index (χ4v) is 2.12. The van der Waals surface area contributed by atoms with Crippen molar-refractivity contribution in [2.45, 2.75) is 26.7 Å². The molecule has 2 rings (SSSR count). The number of nitrogens with one attached hydrogen (secondary N) is 3. The van der Waals surface area contributed by atoms with Gasteiger partial charge in [-0.25, -0.2) is 9.50 Å². The highest BCUT2D eigenvalue weighted by Crippen LogP contribution is 2.03. The van der Waals surface area contributed by atoms with Gasteiger partial charge in [-0.3, -0.25) is 14.7 Å². The number of aryl methyl sites for hydroxylation is 1. The van der Waals surface area contributed by atoms with Crippen molar-refractivity contribution in [2.75, 3.05) is 19.6 Å². The first-order valence-corrected chi connectivity index (χ1v) is 7.16. The van der Waals surface area contributed by atoms with Crippen LogP contribution in [0.25, 0.3) is 5.65 Å². The quantitative estimate of drug-likeness (QED) is 0.642. The van der Waals surface area contributed by atoms with Gasteiger partial charge in [0.15, 0.2) is 5.65 Å². The Morgan fingerprint density at radius 3 is 2.86 bits per heavy atom. The minimum atomic E-state index is -0.221. The van der Waals surface area contributed by atoms with Gasteiger partial charge in [-0.05, 0) is 19.9 Å². The summed E-state index contributed by atoms with van der Waals surface area (Å²) in [6, 6.07) is 1.72. The molecule has 0 saturated carbocycles. The van der Waals surface area contributed by atoms with Gasteiger partial charge in [0.05, 0.1) is 6.42 Å². The van der Waals surface area contributed by atoms with Crippen molar-refractivity contribution in [1.29, 1.82) is 0 Å². The maximum Gasteiger partial charge on any atom is 0.276 e. The van der Waals surface area contributed by atoms with E-state index in [2.05, 4.69) is 27.6 Å². The third-order valence-electron chi connectivity index (χ3n) is 3.23. The van der Waals surface area contributed by atoms with Crippen molar-refractivity contribution in [3.05, 3.63) is 33.9 Å². The summed E-state index contributed by atoms with van der Waals surface area (Å²) in [5.74, 6) is -0.165. The van der Waals surface area contributed by atoms with E-state index in [1.54, 1.807) is 19.2 Å². The van der Waals surface area contributed by atoms with Crippen molar-refractivity contribution in [1.82, 2.24) is 25.2 Å². The SMILES string of the molecule is CCCNCCNC(=O)Cc1c(C)nc2cc[nH]n2c1=O.Cl. The zero-order chi connectivity index (χ0) is 15.2. The standard InChI is InChI=1S/C14H21N5O2.ClH/c1-3-5-15-7-8-16-13(20)9-11-10(2)18-12-4-6-17-19(12)14(11)21;/h4,6,15,17H,3,5,7-9H2,1-2H3,(H,16,20);1H. The molecule has 0 aliphatic heterocycles. The van der Waals surface area contributed by atoms with Gasteiger partial charge in [0, 0.05) is 36.6 Å². The lowest BCUT2D eigenvalue weighted by molar-refractivity contribution is -0.120. The summed E-state index contributed by atoms with van der Waals surface area (Å²) in [5, 5.41) is 8.79. The van der Waals surface area contributed by atoms with Crippen molar-refractivity contribution in [3.8, 4) is 0 Å². The molecule has 2 heterocycles. The summed E-state index contributed by atoms with van der Waals surface area (Å²) >= 11 is 0. The number of fused-ring (bicyclic) bond motifs is 1. The van der Waals surface area contributed by atoms with Crippen LogP contribution in [0.15, 0.2) is 17.1 Å². The van der Waals surface area contributed by atoms with E-state index in [-0.39, 0.29) is 30.3 Å². The summed E-state index contributed by atoms with van der Waals surface area (Å²) in [7, 11) is 0. The highest BCUT2D eigenvalue weighted by molar-refractivity contribution is 5.85. The summed E-state index contributed by atoms with van der Waals surface area (Å²) in [5.41, 5.74) is 1.36. The summed E-state index contributed by atoms with van der Waals surface area (Å²) in [4.78, 5) is 28.5. The van der Waals surface area contributed by atoms with E-state index in [0.717, 1.165) is 19.5 Å². The van der Waals surface area contributed by atoms with Gasteiger partial charge >= 0.3 is 0 Å². The number of aromatic nitrogens is 3. The molecule has 2 aromatic rings. The number of rotatable bonds is 7. The van der Waals surface area contributed by atoms with Crippen LogP contribution in [-0.4, -0.2) is 40.1 Å². The minimum Gasteiger partial charge on any atom is -0.355 e. The summed E-state index contributed by atoms with van der Waals surface area (Å²) in [6.45, 7) is 6.05. The first-order chi connectivity index (χ1) is 10.1. The zero-order valence-electron chi connectivity index (χ0n) is 12.8. The summed E-state index contributed by atoms with van der Waals surface area (Å²) < 4.78 is 1.35. The van der Waals surface area contributed by atoms with Crippen LogP contribution in [0, 0.1) is 6.92 Å². The van der Waals surface area contributed by atoms with E-state index in [1.807, 2.05) is 0 Å². The van der Waals surface area contributed by atoms with Gasteiger partial charge in [-0.2, -0.15) is 0 Å². The molecule has 3 N–H and O–H groups in total. The van der Waals surface area contributed by atoms with E-state index in [0.29, 0.717) is 23.4 Å². The molecule has 2 aromatic heterocycles. The topological polar surface area (TPSA) is 91.3 Å². The molecule has 22 heavy (non-hydrogen) atoms. The molecule has 1 amide bonds. The second-order valence-electron chi connectivity index (χ2n) is 4.91. The lowest BCUT2D eigenvalue weighted by Crippen LogP contribution is -2.35. The lowest BCUT2D eigenvalue weighted by atomic mass is 10.1. The van der Waals surface area contributed by atoms with Crippen LogP contribution >= 0.6 is 12.4 Å². The average molecular weight is 328 g/mol. The molecule has 122 valence electrons. The fourth-order valence-electron chi connectivity index (χ4n) is 2.12. The Bertz CT molecular complexity index is 679. The smallest absolute Gasteiger partial charge is 0.276 e. The molecule has 0 radical (unpaired) electrons.